The van der Waals surface area contributed by atoms with Gasteiger partial charge in [0.15, 0.2) is 0 Å². The Kier molecular flexibility index (Phi) is 6.67. The Morgan fingerprint density at radius 1 is 1.14 bits per heavy atom. The Labute approximate surface area is 170 Å². The summed E-state index contributed by atoms with van der Waals surface area (Å²) in [7, 11) is 0. The highest BCUT2D eigenvalue weighted by Crippen LogP contribution is 2.26. The number of aryl methyl sites for hydroxylation is 1. The molecule has 3 heterocycles. The van der Waals surface area contributed by atoms with Crippen LogP contribution in [-0.4, -0.2) is 53.7 Å². The number of nitrogens with zero attached hydrogens (tertiary/aromatic N) is 5. The third kappa shape index (κ3) is 4.52. The van der Waals surface area contributed by atoms with Crippen molar-refractivity contribution >= 4 is 29.2 Å². The van der Waals surface area contributed by atoms with Crippen molar-refractivity contribution in [2.45, 2.75) is 33.6 Å². The first kappa shape index (κ1) is 20.3. The molecule has 2 aromatic heterocycles. The standard InChI is InChI=1S/C20H26ClN5O2/c1-4-16-18(21)23-14(3)24-19(16)26-10-6-9-25(11-12-26)17-8-7-15(13-22-17)20(27)28-5-2/h7-8,13H,4-6,9-12H2,1-3H3. The second-order valence-corrected chi connectivity index (χ2v) is 7.03. The fraction of sp³-hybridized carbons (Fsp3) is 0.500. The molecule has 1 fully saturated rings. The van der Waals surface area contributed by atoms with Crippen molar-refractivity contribution < 1.29 is 9.53 Å². The summed E-state index contributed by atoms with van der Waals surface area (Å²) in [6, 6.07) is 3.65. The Balaban J connectivity index is 1.73. The van der Waals surface area contributed by atoms with Crippen molar-refractivity contribution in [2.75, 3.05) is 42.6 Å². The van der Waals surface area contributed by atoms with E-state index < -0.39 is 0 Å². The number of halogens is 1. The van der Waals surface area contributed by atoms with E-state index in [2.05, 4.69) is 31.7 Å². The highest BCUT2D eigenvalue weighted by atomic mass is 35.5. The summed E-state index contributed by atoms with van der Waals surface area (Å²) in [6.07, 6.45) is 3.36. The second kappa shape index (κ2) is 9.19. The van der Waals surface area contributed by atoms with E-state index in [1.807, 2.05) is 13.0 Å². The van der Waals surface area contributed by atoms with Gasteiger partial charge >= 0.3 is 5.97 Å². The van der Waals surface area contributed by atoms with E-state index in [1.165, 1.54) is 0 Å². The summed E-state index contributed by atoms with van der Waals surface area (Å²) in [4.78, 5) is 29.7. The topological polar surface area (TPSA) is 71.5 Å². The molecule has 0 aliphatic carbocycles. The molecule has 0 atom stereocenters. The van der Waals surface area contributed by atoms with Crippen molar-refractivity contribution in [3.05, 3.63) is 40.4 Å². The molecule has 0 bridgehead atoms. The number of ether oxygens (including phenoxy) is 1. The quantitative estimate of drug-likeness (QED) is 0.560. The molecule has 1 aliphatic rings. The number of aromatic nitrogens is 3. The first-order valence-electron chi connectivity index (χ1n) is 9.69. The molecule has 1 aliphatic heterocycles. The molecule has 0 amide bonds. The number of rotatable bonds is 5. The maximum atomic E-state index is 11.8. The molecule has 1 saturated heterocycles. The van der Waals surface area contributed by atoms with Gasteiger partial charge in [0.2, 0.25) is 0 Å². The van der Waals surface area contributed by atoms with Crippen molar-refractivity contribution in [1.29, 1.82) is 0 Å². The minimum Gasteiger partial charge on any atom is -0.462 e. The van der Waals surface area contributed by atoms with Crippen LogP contribution in [-0.2, 0) is 11.2 Å². The number of hydrogen-bond acceptors (Lipinski definition) is 7. The molecule has 150 valence electrons. The van der Waals surface area contributed by atoms with Crippen LogP contribution in [0.3, 0.4) is 0 Å². The van der Waals surface area contributed by atoms with Gasteiger partial charge in [0.1, 0.15) is 22.6 Å². The molecule has 0 N–H and O–H groups in total. The molecule has 8 heteroatoms. The van der Waals surface area contributed by atoms with E-state index in [4.69, 9.17) is 16.3 Å². The van der Waals surface area contributed by atoms with Gasteiger partial charge in [0.05, 0.1) is 12.2 Å². The summed E-state index contributed by atoms with van der Waals surface area (Å²) in [6.45, 7) is 9.51. The van der Waals surface area contributed by atoms with Gasteiger partial charge in [0, 0.05) is 37.9 Å². The summed E-state index contributed by atoms with van der Waals surface area (Å²) < 4.78 is 5.02. The van der Waals surface area contributed by atoms with Crippen LogP contribution < -0.4 is 9.80 Å². The van der Waals surface area contributed by atoms with E-state index in [0.717, 1.165) is 56.2 Å². The van der Waals surface area contributed by atoms with E-state index in [9.17, 15) is 4.79 Å². The molecule has 0 unspecified atom stereocenters. The SMILES string of the molecule is CCOC(=O)c1ccc(N2CCCN(c3nc(C)nc(Cl)c3CC)CC2)nc1. The normalized spacial score (nSPS) is 14.7. The maximum absolute atomic E-state index is 11.8. The van der Waals surface area contributed by atoms with Crippen LogP contribution in [0.5, 0.6) is 0 Å². The number of anilines is 2. The van der Waals surface area contributed by atoms with E-state index in [0.29, 0.717) is 23.1 Å². The van der Waals surface area contributed by atoms with Gasteiger partial charge in [-0.15, -0.1) is 0 Å². The van der Waals surface area contributed by atoms with Crippen molar-refractivity contribution in [2.24, 2.45) is 0 Å². The van der Waals surface area contributed by atoms with Crippen molar-refractivity contribution in [3.8, 4) is 0 Å². The van der Waals surface area contributed by atoms with Crippen LogP contribution >= 0.6 is 11.6 Å². The molecule has 2 aromatic rings. The lowest BCUT2D eigenvalue weighted by molar-refractivity contribution is 0.0526. The van der Waals surface area contributed by atoms with Crippen molar-refractivity contribution in [3.63, 3.8) is 0 Å². The third-order valence-corrected chi connectivity index (χ3v) is 5.09. The monoisotopic (exact) mass is 403 g/mol. The minimum atomic E-state index is -0.341. The maximum Gasteiger partial charge on any atom is 0.339 e. The summed E-state index contributed by atoms with van der Waals surface area (Å²) in [5.74, 6) is 2.15. The Morgan fingerprint density at radius 3 is 2.57 bits per heavy atom. The molecule has 28 heavy (non-hydrogen) atoms. The predicted octanol–water partition coefficient (Wildman–Crippen LogP) is 3.29. The number of pyridine rings is 1. The Morgan fingerprint density at radius 2 is 1.89 bits per heavy atom. The van der Waals surface area contributed by atoms with Crippen LogP contribution in [0, 0.1) is 6.92 Å². The summed E-state index contributed by atoms with van der Waals surface area (Å²) in [5.41, 5.74) is 1.47. The summed E-state index contributed by atoms with van der Waals surface area (Å²) >= 11 is 6.35. The fourth-order valence-electron chi connectivity index (χ4n) is 3.38. The lowest BCUT2D eigenvalue weighted by Crippen LogP contribution is -2.32. The third-order valence-electron chi connectivity index (χ3n) is 4.78. The van der Waals surface area contributed by atoms with Gasteiger partial charge in [0.25, 0.3) is 0 Å². The molecule has 7 nitrogen and oxygen atoms in total. The van der Waals surface area contributed by atoms with Gasteiger partial charge in [-0.05, 0) is 38.8 Å². The first-order chi connectivity index (χ1) is 13.5. The van der Waals surface area contributed by atoms with Gasteiger partial charge in [-0.3, -0.25) is 0 Å². The zero-order valence-corrected chi connectivity index (χ0v) is 17.4. The average Bonchev–Trinajstić information content (AvgIpc) is 2.94. The molecule has 3 rings (SSSR count). The van der Waals surface area contributed by atoms with Crippen molar-refractivity contribution in [1.82, 2.24) is 15.0 Å². The fourth-order valence-corrected chi connectivity index (χ4v) is 3.72. The highest BCUT2D eigenvalue weighted by Gasteiger charge is 2.21. The van der Waals surface area contributed by atoms with Crippen LogP contribution in [0.4, 0.5) is 11.6 Å². The Hall–Kier alpha value is -2.41. The molecular weight excluding hydrogens is 378 g/mol. The summed E-state index contributed by atoms with van der Waals surface area (Å²) in [5, 5.41) is 0.544. The van der Waals surface area contributed by atoms with Gasteiger partial charge < -0.3 is 14.5 Å². The Bertz CT molecular complexity index is 828. The van der Waals surface area contributed by atoms with Crippen LogP contribution in [0.25, 0.3) is 0 Å². The van der Waals surface area contributed by atoms with E-state index in [-0.39, 0.29) is 5.97 Å². The van der Waals surface area contributed by atoms with E-state index in [1.54, 1.807) is 19.2 Å². The molecule has 0 saturated carbocycles. The largest absolute Gasteiger partial charge is 0.462 e. The second-order valence-electron chi connectivity index (χ2n) is 6.67. The van der Waals surface area contributed by atoms with Gasteiger partial charge in [-0.25, -0.2) is 19.7 Å². The number of carbonyl (C=O) groups excluding carboxylic acids is 1. The zero-order chi connectivity index (χ0) is 20.1. The zero-order valence-electron chi connectivity index (χ0n) is 16.6. The van der Waals surface area contributed by atoms with Gasteiger partial charge in [-0.1, -0.05) is 18.5 Å². The first-order valence-corrected chi connectivity index (χ1v) is 10.1. The molecule has 0 radical (unpaired) electrons. The molecule has 0 aromatic carbocycles. The van der Waals surface area contributed by atoms with Crippen LogP contribution in [0.15, 0.2) is 18.3 Å². The lowest BCUT2D eigenvalue weighted by Gasteiger charge is -2.25. The van der Waals surface area contributed by atoms with Gasteiger partial charge in [-0.2, -0.15) is 0 Å². The minimum absolute atomic E-state index is 0.341. The predicted molar refractivity (Wildman–Crippen MR) is 110 cm³/mol. The average molecular weight is 404 g/mol. The number of hydrogen-bond donors (Lipinski definition) is 0. The lowest BCUT2D eigenvalue weighted by atomic mass is 10.2. The molecule has 0 spiro atoms. The van der Waals surface area contributed by atoms with E-state index >= 15 is 0 Å². The van der Waals surface area contributed by atoms with Crippen LogP contribution in [0.2, 0.25) is 5.15 Å². The number of esters is 1. The highest BCUT2D eigenvalue weighted by molar-refractivity contribution is 6.30. The molecular formula is C20H26ClN5O2. The van der Waals surface area contributed by atoms with Crippen LogP contribution in [0.1, 0.15) is 42.0 Å². The number of carbonyl (C=O) groups is 1. The smallest absolute Gasteiger partial charge is 0.339 e.